The topological polar surface area (TPSA) is 9.23 Å². The van der Waals surface area contributed by atoms with Gasteiger partial charge in [-0.2, -0.15) is 0 Å². The molecule has 2 aliphatic rings. The minimum absolute atomic E-state index is 0.176. The Morgan fingerprint density at radius 2 is 1.95 bits per heavy atom. The number of benzene rings is 1. The fourth-order valence-corrected chi connectivity index (χ4v) is 3.09. The Bertz CT molecular complexity index is 511. The molecule has 0 aromatic heterocycles. The average Bonchev–Trinajstić information content (AvgIpc) is 3.16. The van der Waals surface area contributed by atoms with Crippen LogP contribution in [-0.2, 0) is 6.42 Å². The van der Waals surface area contributed by atoms with E-state index in [2.05, 4.69) is 12.2 Å². The Labute approximate surface area is 127 Å². The summed E-state index contributed by atoms with van der Waals surface area (Å²) in [6, 6.07) is 3.82. The molecule has 0 atom stereocenters. The van der Waals surface area contributed by atoms with Crippen molar-refractivity contribution in [1.82, 2.24) is 0 Å². The summed E-state index contributed by atoms with van der Waals surface area (Å²) in [6.45, 7) is 2.52. The summed E-state index contributed by atoms with van der Waals surface area (Å²) in [6.07, 6.45) is 12.9. The van der Waals surface area contributed by atoms with Crippen LogP contribution in [0.25, 0.3) is 0 Å². The van der Waals surface area contributed by atoms with E-state index in [1.165, 1.54) is 38.5 Å². The molecule has 0 amide bonds. The van der Waals surface area contributed by atoms with Crippen LogP contribution in [0.3, 0.4) is 0 Å². The number of hydrogen-bond acceptors (Lipinski definition) is 1. The number of hydrogen-bond donors (Lipinski definition) is 0. The highest BCUT2D eigenvalue weighted by Gasteiger charge is 2.18. The van der Waals surface area contributed by atoms with E-state index in [0.29, 0.717) is 18.3 Å². The van der Waals surface area contributed by atoms with Crippen molar-refractivity contribution in [3.05, 3.63) is 41.2 Å². The van der Waals surface area contributed by atoms with Gasteiger partial charge in [0.2, 0.25) is 0 Å². The second-order valence-corrected chi connectivity index (χ2v) is 6.59. The van der Waals surface area contributed by atoms with Gasteiger partial charge < -0.3 is 4.74 Å². The van der Waals surface area contributed by atoms with Crippen LogP contribution >= 0.6 is 0 Å². The first-order valence-electron chi connectivity index (χ1n) is 8.31. The van der Waals surface area contributed by atoms with Crippen LogP contribution in [0.15, 0.2) is 24.3 Å². The first-order valence-corrected chi connectivity index (χ1v) is 8.31. The summed E-state index contributed by atoms with van der Waals surface area (Å²) in [5, 5.41) is 0. The van der Waals surface area contributed by atoms with Gasteiger partial charge in [0, 0.05) is 0 Å². The number of ether oxygens (including phenoxy) is 1. The Morgan fingerprint density at radius 3 is 2.67 bits per heavy atom. The molecule has 2 fully saturated rings. The van der Waals surface area contributed by atoms with Crippen molar-refractivity contribution in [3.8, 4) is 5.75 Å². The lowest BCUT2D eigenvalue weighted by Gasteiger charge is -2.14. The minimum atomic E-state index is -0.176. The molecule has 1 nitrogen and oxygen atoms in total. The number of halogens is 1. The van der Waals surface area contributed by atoms with E-state index >= 15 is 0 Å². The lowest BCUT2D eigenvalue weighted by Crippen LogP contribution is -2.09. The highest BCUT2D eigenvalue weighted by Crippen LogP contribution is 2.31. The molecule has 0 bridgehead atoms. The van der Waals surface area contributed by atoms with Gasteiger partial charge in [-0.3, -0.25) is 0 Å². The summed E-state index contributed by atoms with van der Waals surface area (Å²) in [5.74, 6) is 1.65. The van der Waals surface area contributed by atoms with Crippen molar-refractivity contribution < 1.29 is 9.13 Å². The molecule has 1 aromatic carbocycles. The van der Waals surface area contributed by atoms with Crippen LogP contribution in [-0.4, -0.2) is 6.61 Å². The zero-order chi connectivity index (χ0) is 14.7. The van der Waals surface area contributed by atoms with Crippen LogP contribution in [0.1, 0.15) is 49.7 Å². The molecule has 1 aromatic rings. The molecule has 114 valence electrons. The van der Waals surface area contributed by atoms with Gasteiger partial charge in [0.05, 0.1) is 6.61 Å². The maximum absolute atomic E-state index is 14.4. The van der Waals surface area contributed by atoms with E-state index in [1.807, 2.05) is 13.0 Å². The lowest BCUT2D eigenvalue weighted by atomic mass is 10.0. The number of rotatable bonds is 6. The largest absolute Gasteiger partial charge is 0.490 e. The van der Waals surface area contributed by atoms with Gasteiger partial charge in [-0.05, 0) is 68.1 Å². The van der Waals surface area contributed by atoms with E-state index in [4.69, 9.17) is 4.74 Å². The fraction of sp³-hybridized carbons (Fsp3) is 0.579. The van der Waals surface area contributed by atoms with Crippen molar-refractivity contribution in [2.45, 2.75) is 51.9 Å². The molecule has 0 heterocycles. The van der Waals surface area contributed by atoms with Gasteiger partial charge in [-0.15, -0.1) is 0 Å². The molecule has 0 radical (unpaired) electrons. The third kappa shape index (κ3) is 3.87. The molecule has 0 aliphatic heterocycles. The third-order valence-electron chi connectivity index (χ3n) is 4.78. The van der Waals surface area contributed by atoms with E-state index in [-0.39, 0.29) is 5.82 Å². The number of allylic oxidation sites excluding steroid dienone is 2. The Kier molecular flexibility index (Phi) is 4.62. The SMILES string of the molecule is Cc1c(C/C=C/C2CC2)ccc(OCC2CCCC2)c1F. The highest BCUT2D eigenvalue weighted by molar-refractivity contribution is 5.38. The predicted octanol–water partition coefficient (Wildman–Crippen LogP) is 5.21. The summed E-state index contributed by atoms with van der Waals surface area (Å²) in [5.41, 5.74) is 1.80. The summed E-state index contributed by atoms with van der Waals surface area (Å²) in [7, 11) is 0. The molecule has 21 heavy (non-hydrogen) atoms. The monoisotopic (exact) mass is 288 g/mol. The smallest absolute Gasteiger partial charge is 0.168 e. The van der Waals surface area contributed by atoms with Crippen LogP contribution in [0.4, 0.5) is 4.39 Å². The van der Waals surface area contributed by atoms with Crippen molar-refractivity contribution in [1.29, 1.82) is 0 Å². The Hall–Kier alpha value is -1.31. The summed E-state index contributed by atoms with van der Waals surface area (Å²) >= 11 is 0. The molecular formula is C19H25FO. The molecule has 0 N–H and O–H groups in total. The zero-order valence-electron chi connectivity index (χ0n) is 12.9. The van der Waals surface area contributed by atoms with Gasteiger partial charge in [0.25, 0.3) is 0 Å². The van der Waals surface area contributed by atoms with Crippen molar-refractivity contribution in [2.24, 2.45) is 11.8 Å². The van der Waals surface area contributed by atoms with Gasteiger partial charge in [-0.1, -0.05) is 31.1 Å². The van der Waals surface area contributed by atoms with Crippen LogP contribution in [0.2, 0.25) is 0 Å². The molecule has 2 saturated carbocycles. The maximum atomic E-state index is 14.4. The third-order valence-corrected chi connectivity index (χ3v) is 4.78. The van der Waals surface area contributed by atoms with E-state index < -0.39 is 0 Å². The van der Waals surface area contributed by atoms with Crippen molar-refractivity contribution >= 4 is 0 Å². The summed E-state index contributed by atoms with van der Waals surface area (Å²) < 4.78 is 20.1. The lowest BCUT2D eigenvalue weighted by molar-refractivity contribution is 0.241. The second kappa shape index (κ2) is 6.64. The molecule has 3 rings (SSSR count). The molecule has 2 aliphatic carbocycles. The first-order chi connectivity index (χ1) is 10.2. The molecule has 2 heteroatoms. The maximum Gasteiger partial charge on any atom is 0.168 e. The summed E-state index contributed by atoms with van der Waals surface area (Å²) in [4.78, 5) is 0. The first kappa shape index (κ1) is 14.6. The van der Waals surface area contributed by atoms with Crippen LogP contribution in [0, 0.1) is 24.6 Å². The van der Waals surface area contributed by atoms with Crippen LogP contribution in [0.5, 0.6) is 5.75 Å². The fourth-order valence-electron chi connectivity index (χ4n) is 3.09. The van der Waals surface area contributed by atoms with Gasteiger partial charge >= 0.3 is 0 Å². The van der Waals surface area contributed by atoms with Crippen molar-refractivity contribution in [2.75, 3.05) is 6.61 Å². The van der Waals surface area contributed by atoms with E-state index in [9.17, 15) is 4.39 Å². The van der Waals surface area contributed by atoms with E-state index in [0.717, 1.165) is 23.5 Å². The predicted molar refractivity (Wildman–Crippen MR) is 84.2 cm³/mol. The van der Waals surface area contributed by atoms with Crippen molar-refractivity contribution in [3.63, 3.8) is 0 Å². The molecule has 0 saturated heterocycles. The van der Waals surface area contributed by atoms with E-state index in [1.54, 1.807) is 6.07 Å². The Balaban J connectivity index is 1.60. The van der Waals surface area contributed by atoms with Gasteiger partial charge in [-0.25, -0.2) is 4.39 Å². The normalized spacial score (nSPS) is 19.5. The zero-order valence-corrected chi connectivity index (χ0v) is 12.9. The van der Waals surface area contributed by atoms with Gasteiger partial charge in [0.15, 0.2) is 11.6 Å². The molecule has 0 spiro atoms. The van der Waals surface area contributed by atoms with Gasteiger partial charge in [0.1, 0.15) is 0 Å². The standard InChI is InChI=1S/C19H25FO/c1-14-17(8-4-7-15-9-10-15)11-12-18(19(14)20)21-13-16-5-2-3-6-16/h4,7,11-12,15-16H,2-3,5-6,8-10,13H2,1H3/b7-4+. The Morgan fingerprint density at radius 1 is 1.19 bits per heavy atom. The van der Waals surface area contributed by atoms with Crippen LogP contribution < -0.4 is 4.74 Å². The quantitative estimate of drug-likeness (QED) is 0.653. The molecule has 0 unspecified atom stereocenters. The average molecular weight is 288 g/mol. The molecular weight excluding hydrogens is 263 g/mol. The second-order valence-electron chi connectivity index (χ2n) is 6.59. The minimum Gasteiger partial charge on any atom is -0.490 e. The highest BCUT2D eigenvalue weighted by atomic mass is 19.1.